The van der Waals surface area contributed by atoms with Crippen molar-refractivity contribution >= 4 is 17.9 Å². The highest BCUT2D eigenvalue weighted by Crippen LogP contribution is 2.15. The van der Waals surface area contributed by atoms with Crippen molar-refractivity contribution in [3.8, 4) is 0 Å². The second-order valence-corrected chi connectivity index (χ2v) is 4.98. The van der Waals surface area contributed by atoms with Crippen molar-refractivity contribution in [2.75, 3.05) is 13.1 Å². The number of amides is 3. The van der Waals surface area contributed by atoms with Crippen LogP contribution >= 0.6 is 0 Å². The van der Waals surface area contributed by atoms with Crippen LogP contribution in [-0.2, 0) is 9.59 Å². The molecule has 0 aromatic heterocycles. The van der Waals surface area contributed by atoms with E-state index in [1.165, 1.54) is 0 Å². The Bertz CT molecular complexity index is 379. The number of hydrogen-bond acceptors (Lipinski definition) is 3. The number of carboxylic acid groups (broad SMARTS) is 1. The molecule has 0 bridgehead atoms. The lowest BCUT2D eigenvalue weighted by molar-refractivity contribution is -0.144. The molecule has 1 atom stereocenters. The van der Waals surface area contributed by atoms with Crippen LogP contribution in [0, 0.1) is 0 Å². The molecule has 108 valence electrons. The van der Waals surface area contributed by atoms with Crippen molar-refractivity contribution < 1.29 is 19.5 Å². The van der Waals surface area contributed by atoms with E-state index in [-0.39, 0.29) is 19.0 Å². The van der Waals surface area contributed by atoms with Crippen LogP contribution in [0.5, 0.6) is 0 Å². The minimum absolute atomic E-state index is 0.0590. The lowest BCUT2D eigenvalue weighted by atomic mass is 9.96. The molecule has 3 N–H and O–H groups in total. The molecular weight excluding hydrogens is 250 g/mol. The Morgan fingerprint density at radius 3 is 2.53 bits per heavy atom. The normalized spacial score (nSPS) is 19.8. The molecule has 1 saturated heterocycles. The summed E-state index contributed by atoms with van der Waals surface area (Å²) in [5.74, 6) is -1.47. The SMILES string of the molecule is CCC(C)(CC)NC(=O)N1CC(=O)NCC1C(=O)O. The van der Waals surface area contributed by atoms with Crippen LogP contribution < -0.4 is 10.6 Å². The molecule has 0 aromatic carbocycles. The van der Waals surface area contributed by atoms with Gasteiger partial charge >= 0.3 is 12.0 Å². The molecule has 1 fully saturated rings. The van der Waals surface area contributed by atoms with Gasteiger partial charge in [0, 0.05) is 12.1 Å². The number of carbonyl (C=O) groups is 3. The molecule has 1 heterocycles. The summed E-state index contributed by atoms with van der Waals surface area (Å²) in [5.41, 5.74) is -0.395. The minimum Gasteiger partial charge on any atom is -0.480 e. The van der Waals surface area contributed by atoms with Gasteiger partial charge in [-0.25, -0.2) is 9.59 Å². The minimum atomic E-state index is -1.12. The van der Waals surface area contributed by atoms with Crippen LogP contribution in [0.3, 0.4) is 0 Å². The average Bonchev–Trinajstić information content (AvgIpc) is 2.38. The summed E-state index contributed by atoms with van der Waals surface area (Å²) in [6.45, 7) is 5.50. The van der Waals surface area contributed by atoms with Crippen molar-refractivity contribution in [1.82, 2.24) is 15.5 Å². The lowest BCUT2D eigenvalue weighted by Gasteiger charge is -2.36. The van der Waals surface area contributed by atoms with Gasteiger partial charge in [-0.2, -0.15) is 0 Å². The maximum absolute atomic E-state index is 12.2. The molecule has 0 aromatic rings. The molecule has 0 radical (unpaired) electrons. The first-order chi connectivity index (χ1) is 8.83. The topological polar surface area (TPSA) is 98.7 Å². The molecule has 1 unspecified atom stereocenters. The summed E-state index contributed by atoms with van der Waals surface area (Å²) in [5, 5.41) is 14.3. The number of nitrogens with zero attached hydrogens (tertiary/aromatic N) is 1. The zero-order chi connectivity index (χ0) is 14.6. The summed E-state index contributed by atoms with van der Waals surface area (Å²) < 4.78 is 0. The maximum Gasteiger partial charge on any atom is 0.328 e. The molecular formula is C12H21N3O4. The average molecular weight is 271 g/mol. The van der Waals surface area contributed by atoms with Gasteiger partial charge < -0.3 is 15.7 Å². The highest BCUT2D eigenvalue weighted by atomic mass is 16.4. The van der Waals surface area contributed by atoms with Crippen LogP contribution in [0.1, 0.15) is 33.6 Å². The van der Waals surface area contributed by atoms with Crippen LogP contribution in [0.15, 0.2) is 0 Å². The first-order valence-electron chi connectivity index (χ1n) is 6.41. The molecule has 1 aliphatic rings. The van der Waals surface area contributed by atoms with E-state index in [2.05, 4.69) is 10.6 Å². The van der Waals surface area contributed by atoms with E-state index in [0.717, 1.165) is 17.7 Å². The molecule has 19 heavy (non-hydrogen) atoms. The fourth-order valence-electron chi connectivity index (χ4n) is 1.83. The molecule has 7 nitrogen and oxygen atoms in total. The number of hydrogen-bond donors (Lipinski definition) is 3. The number of carboxylic acids is 1. The number of carbonyl (C=O) groups excluding carboxylic acids is 2. The van der Waals surface area contributed by atoms with Gasteiger partial charge in [0.05, 0.1) is 0 Å². The summed E-state index contributed by atoms with van der Waals surface area (Å²) >= 11 is 0. The monoisotopic (exact) mass is 271 g/mol. The quantitative estimate of drug-likeness (QED) is 0.678. The summed E-state index contributed by atoms with van der Waals surface area (Å²) in [4.78, 5) is 35.7. The Balaban J connectivity index is 2.82. The fourth-order valence-corrected chi connectivity index (χ4v) is 1.83. The molecule has 3 amide bonds. The predicted molar refractivity (Wildman–Crippen MR) is 68.7 cm³/mol. The van der Waals surface area contributed by atoms with E-state index in [0.29, 0.717) is 0 Å². The second kappa shape index (κ2) is 5.90. The van der Waals surface area contributed by atoms with Crippen molar-refractivity contribution in [3.05, 3.63) is 0 Å². The zero-order valence-electron chi connectivity index (χ0n) is 11.5. The van der Waals surface area contributed by atoms with Gasteiger partial charge in [-0.05, 0) is 19.8 Å². The smallest absolute Gasteiger partial charge is 0.328 e. The van der Waals surface area contributed by atoms with Crippen LogP contribution in [0.2, 0.25) is 0 Å². The Labute approximate surface area is 112 Å². The standard InChI is InChI=1S/C12H21N3O4/c1-4-12(3,5-2)14-11(19)15-7-9(16)13-6-8(15)10(17)18/h8H,4-7H2,1-3H3,(H,13,16)(H,14,19)(H,17,18). The fraction of sp³-hybridized carbons (Fsp3) is 0.750. The Kier molecular flexibility index (Phi) is 4.74. The largest absolute Gasteiger partial charge is 0.480 e. The first-order valence-corrected chi connectivity index (χ1v) is 6.41. The third kappa shape index (κ3) is 3.59. The van der Waals surface area contributed by atoms with Crippen LogP contribution in [0.25, 0.3) is 0 Å². The maximum atomic E-state index is 12.2. The van der Waals surface area contributed by atoms with Crippen molar-refractivity contribution in [2.45, 2.75) is 45.2 Å². The van der Waals surface area contributed by atoms with Crippen molar-refractivity contribution in [3.63, 3.8) is 0 Å². The number of nitrogens with one attached hydrogen (secondary N) is 2. The van der Waals surface area contributed by atoms with E-state index >= 15 is 0 Å². The van der Waals surface area contributed by atoms with Crippen molar-refractivity contribution in [2.24, 2.45) is 0 Å². The predicted octanol–water partition coefficient (Wildman–Crippen LogP) is 0.160. The zero-order valence-corrected chi connectivity index (χ0v) is 11.5. The number of piperazine rings is 1. The van der Waals surface area contributed by atoms with Crippen LogP contribution in [-0.4, -0.2) is 52.6 Å². The van der Waals surface area contributed by atoms with Gasteiger partial charge in [0.25, 0.3) is 0 Å². The van der Waals surface area contributed by atoms with Gasteiger partial charge in [0.2, 0.25) is 5.91 Å². The van der Waals surface area contributed by atoms with Gasteiger partial charge in [-0.3, -0.25) is 9.69 Å². The Hall–Kier alpha value is -1.79. The molecule has 1 rings (SSSR count). The van der Waals surface area contributed by atoms with E-state index in [4.69, 9.17) is 5.11 Å². The van der Waals surface area contributed by atoms with Gasteiger partial charge in [0.1, 0.15) is 12.6 Å². The Morgan fingerprint density at radius 1 is 1.47 bits per heavy atom. The first kappa shape index (κ1) is 15.3. The van der Waals surface area contributed by atoms with Gasteiger partial charge in [-0.1, -0.05) is 13.8 Å². The molecule has 0 aliphatic carbocycles. The number of urea groups is 1. The molecule has 0 spiro atoms. The van der Waals surface area contributed by atoms with E-state index in [1.54, 1.807) is 0 Å². The third-order valence-corrected chi connectivity index (χ3v) is 3.70. The molecule has 7 heteroatoms. The van der Waals surface area contributed by atoms with E-state index in [9.17, 15) is 14.4 Å². The van der Waals surface area contributed by atoms with Crippen molar-refractivity contribution in [1.29, 1.82) is 0 Å². The van der Waals surface area contributed by atoms with Gasteiger partial charge in [-0.15, -0.1) is 0 Å². The highest BCUT2D eigenvalue weighted by molar-refractivity contribution is 5.90. The van der Waals surface area contributed by atoms with E-state index < -0.39 is 23.6 Å². The summed E-state index contributed by atoms with van der Waals surface area (Å²) in [6.07, 6.45) is 1.46. The summed E-state index contributed by atoms with van der Waals surface area (Å²) in [6, 6.07) is -1.52. The lowest BCUT2D eigenvalue weighted by Crippen LogP contribution is -2.63. The molecule has 1 aliphatic heterocycles. The molecule has 0 saturated carbocycles. The summed E-state index contributed by atoms with van der Waals surface area (Å²) in [7, 11) is 0. The second-order valence-electron chi connectivity index (χ2n) is 4.98. The number of aliphatic carboxylic acids is 1. The van der Waals surface area contributed by atoms with Crippen LogP contribution in [0.4, 0.5) is 4.79 Å². The van der Waals surface area contributed by atoms with Gasteiger partial charge in [0.15, 0.2) is 0 Å². The third-order valence-electron chi connectivity index (χ3n) is 3.70. The Morgan fingerprint density at radius 2 is 2.05 bits per heavy atom. The van der Waals surface area contributed by atoms with E-state index in [1.807, 2.05) is 20.8 Å². The highest BCUT2D eigenvalue weighted by Gasteiger charge is 2.37. The number of rotatable bonds is 4.